The van der Waals surface area contributed by atoms with Gasteiger partial charge in [0.25, 0.3) is 5.56 Å². The predicted octanol–water partition coefficient (Wildman–Crippen LogP) is 1.99. The SMILES string of the molecule is C[C@H](c1ccccc1C#N)n1c(N2CCNC(Cc3cccs3)C2)nc2c1c(=O)[nH]c(=O)n2C. The number of nitrogens with one attached hydrogen (secondary N) is 2. The van der Waals surface area contributed by atoms with Gasteiger partial charge in [-0.05, 0) is 36.4 Å². The molecule has 2 atom stereocenters. The second-order valence-electron chi connectivity index (χ2n) is 8.53. The summed E-state index contributed by atoms with van der Waals surface area (Å²) >= 11 is 1.74. The van der Waals surface area contributed by atoms with Crippen LogP contribution < -0.4 is 21.5 Å². The Morgan fingerprint density at radius 3 is 2.85 bits per heavy atom. The van der Waals surface area contributed by atoms with Gasteiger partial charge in [0.15, 0.2) is 11.2 Å². The van der Waals surface area contributed by atoms with E-state index in [1.165, 1.54) is 9.44 Å². The van der Waals surface area contributed by atoms with Crippen molar-refractivity contribution in [2.45, 2.75) is 25.4 Å². The average Bonchev–Trinajstić information content (AvgIpc) is 3.50. The van der Waals surface area contributed by atoms with Gasteiger partial charge in [-0.1, -0.05) is 24.3 Å². The molecule has 0 spiro atoms. The summed E-state index contributed by atoms with van der Waals surface area (Å²) in [7, 11) is 1.60. The smallest absolute Gasteiger partial charge is 0.329 e. The molecular weight excluding hydrogens is 450 g/mol. The van der Waals surface area contributed by atoms with Gasteiger partial charge in [0.05, 0.1) is 17.7 Å². The Morgan fingerprint density at radius 2 is 2.09 bits per heavy atom. The Labute approximate surface area is 199 Å². The van der Waals surface area contributed by atoms with Gasteiger partial charge < -0.3 is 10.2 Å². The van der Waals surface area contributed by atoms with Gasteiger partial charge in [0.2, 0.25) is 5.95 Å². The first kappa shape index (κ1) is 22.1. The number of hydrogen-bond acceptors (Lipinski definition) is 7. The number of anilines is 1. The maximum atomic E-state index is 13.0. The molecule has 5 rings (SSSR count). The number of thiophene rings is 1. The van der Waals surface area contributed by atoms with Crippen LogP contribution >= 0.6 is 11.3 Å². The highest BCUT2D eigenvalue weighted by Gasteiger charge is 2.29. The number of rotatable bonds is 5. The largest absolute Gasteiger partial charge is 0.339 e. The molecule has 0 saturated carbocycles. The maximum absolute atomic E-state index is 13.0. The third-order valence-corrected chi connectivity index (χ3v) is 7.32. The van der Waals surface area contributed by atoms with Gasteiger partial charge in [0.1, 0.15) is 0 Å². The molecular formula is C24H25N7O2S. The van der Waals surface area contributed by atoms with Crippen molar-refractivity contribution in [2.24, 2.45) is 7.05 Å². The van der Waals surface area contributed by atoms with E-state index in [1.54, 1.807) is 24.5 Å². The molecule has 1 aromatic carbocycles. The summed E-state index contributed by atoms with van der Waals surface area (Å²) in [5, 5.41) is 15.3. The number of aromatic nitrogens is 4. The van der Waals surface area contributed by atoms with Crippen molar-refractivity contribution < 1.29 is 0 Å². The maximum Gasteiger partial charge on any atom is 0.329 e. The standard InChI is InChI=1S/C24H25N7O2S/c1-15(19-8-4-3-6-16(19)13-25)31-20-21(29(2)24(33)28-22(20)32)27-23(31)30-10-9-26-17(14-30)12-18-7-5-11-34-18/h3-8,11,15,17,26H,9-10,12,14H2,1-2H3,(H,28,32,33)/t15-,17?/m1/s1. The number of piperazine rings is 1. The number of nitriles is 1. The fraction of sp³-hybridized carbons (Fsp3) is 0.333. The highest BCUT2D eigenvalue weighted by Crippen LogP contribution is 2.31. The summed E-state index contributed by atoms with van der Waals surface area (Å²) in [5.74, 6) is 0.625. The molecule has 1 fully saturated rings. The lowest BCUT2D eigenvalue weighted by Crippen LogP contribution is -2.52. The number of aromatic amines is 1. The van der Waals surface area contributed by atoms with Crippen LogP contribution in [0.2, 0.25) is 0 Å². The molecule has 3 aromatic heterocycles. The predicted molar refractivity (Wildman–Crippen MR) is 133 cm³/mol. The van der Waals surface area contributed by atoms with E-state index in [0.29, 0.717) is 35.8 Å². The zero-order valence-electron chi connectivity index (χ0n) is 19.0. The molecule has 9 nitrogen and oxygen atoms in total. The zero-order valence-corrected chi connectivity index (χ0v) is 19.8. The molecule has 174 valence electrons. The van der Waals surface area contributed by atoms with E-state index in [0.717, 1.165) is 18.5 Å². The summed E-state index contributed by atoms with van der Waals surface area (Å²) in [6.45, 7) is 4.15. The van der Waals surface area contributed by atoms with Crippen molar-refractivity contribution in [3.63, 3.8) is 0 Å². The Bertz CT molecular complexity index is 1490. The Morgan fingerprint density at radius 1 is 1.26 bits per heavy atom. The van der Waals surface area contributed by atoms with E-state index >= 15 is 0 Å². The summed E-state index contributed by atoms with van der Waals surface area (Å²) in [6, 6.07) is 13.7. The van der Waals surface area contributed by atoms with E-state index in [-0.39, 0.29) is 12.1 Å². The molecule has 0 amide bonds. The number of fused-ring (bicyclic) bond motifs is 1. The van der Waals surface area contributed by atoms with Crippen LogP contribution in [0.4, 0.5) is 5.95 Å². The lowest BCUT2D eigenvalue weighted by molar-refractivity contribution is 0.446. The van der Waals surface area contributed by atoms with Crippen LogP contribution in [0.25, 0.3) is 11.2 Å². The van der Waals surface area contributed by atoms with Crippen molar-refractivity contribution in [3.05, 3.63) is 78.6 Å². The van der Waals surface area contributed by atoms with Crippen molar-refractivity contribution in [1.29, 1.82) is 5.26 Å². The van der Waals surface area contributed by atoms with Crippen LogP contribution in [0.15, 0.2) is 51.4 Å². The molecule has 1 aliphatic heterocycles. The highest BCUT2D eigenvalue weighted by atomic mass is 32.1. The zero-order chi connectivity index (χ0) is 23.8. The number of benzene rings is 1. The van der Waals surface area contributed by atoms with E-state index in [2.05, 4.69) is 38.8 Å². The fourth-order valence-electron chi connectivity index (χ4n) is 4.70. The van der Waals surface area contributed by atoms with Gasteiger partial charge >= 0.3 is 5.69 Å². The number of H-pyrrole nitrogens is 1. The number of aryl methyl sites for hydroxylation is 1. The van der Waals surface area contributed by atoms with Crippen LogP contribution in [0.1, 0.15) is 29.0 Å². The molecule has 1 aliphatic rings. The Hall–Kier alpha value is -3.68. The van der Waals surface area contributed by atoms with E-state index in [1.807, 2.05) is 29.7 Å². The Kier molecular flexibility index (Phi) is 5.81. The second-order valence-corrected chi connectivity index (χ2v) is 9.56. The van der Waals surface area contributed by atoms with Crippen molar-refractivity contribution in [2.75, 3.05) is 24.5 Å². The summed E-state index contributed by atoms with van der Waals surface area (Å²) in [5.41, 5.74) is 1.01. The lowest BCUT2D eigenvalue weighted by atomic mass is 10.0. The molecule has 34 heavy (non-hydrogen) atoms. The molecule has 0 bridgehead atoms. The topological polar surface area (TPSA) is 112 Å². The summed E-state index contributed by atoms with van der Waals surface area (Å²) < 4.78 is 3.24. The highest BCUT2D eigenvalue weighted by molar-refractivity contribution is 7.09. The molecule has 2 N–H and O–H groups in total. The molecule has 1 saturated heterocycles. The van der Waals surface area contributed by atoms with Gasteiger partial charge in [-0.2, -0.15) is 10.2 Å². The third kappa shape index (κ3) is 3.83. The fourth-order valence-corrected chi connectivity index (χ4v) is 5.48. The molecule has 10 heteroatoms. The molecule has 1 unspecified atom stereocenters. The summed E-state index contributed by atoms with van der Waals surface area (Å²) in [6.07, 6.45) is 0.903. The third-order valence-electron chi connectivity index (χ3n) is 6.42. The van der Waals surface area contributed by atoms with E-state index in [4.69, 9.17) is 4.98 Å². The minimum absolute atomic E-state index is 0.226. The normalized spacial score (nSPS) is 17.1. The first-order valence-electron chi connectivity index (χ1n) is 11.2. The van der Waals surface area contributed by atoms with Crippen molar-refractivity contribution in [1.82, 2.24) is 24.4 Å². The quantitative estimate of drug-likeness (QED) is 0.457. The van der Waals surface area contributed by atoms with Gasteiger partial charge in [0, 0.05) is 37.6 Å². The number of imidazole rings is 1. The molecule has 4 aromatic rings. The van der Waals surface area contributed by atoms with Gasteiger partial charge in [-0.3, -0.25) is 18.9 Å². The summed E-state index contributed by atoms with van der Waals surface area (Å²) in [4.78, 5) is 36.0. The van der Waals surface area contributed by atoms with Crippen LogP contribution in [-0.2, 0) is 13.5 Å². The van der Waals surface area contributed by atoms with E-state index < -0.39 is 11.2 Å². The van der Waals surface area contributed by atoms with E-state index in [9.17, 15) is 14.9 Å². The molecule has 4 heterocycles. The van der Waals surface area contributed by atoms with Gasteiger partial charge in [-0.25, -0.2) is 4.79 Å². The van der Waals surface area contributed by atoms with Crippen LogP contribution in [-0.4, -0.2) is 44.8 Å². The molecule has 0 aliphatic carbocycles. The first-order chi connectivity index (χ1) is 16.5. The Balaban J connectivity index is 1.65. The lowest BCUT2D eigenvalue weighted by Gasteiger charge is -2.35. The number of hydrogen-bond donors (Lipinski definition) is 2. The first-order valence-corrected chi connectivity index (χ1v) is 12.1. The monoisotopic (exact) mass is 475 g/mol. The van der Waals surface area contributed by atoms with Gasteiger partial charge in [-0.15, -0.1) is 11.3 Å². The second kappa shape index (κ2) is 8.93. The molecule has 0 radical (unpaired) electrons. The van der Waals surface area contributed by atoms with Crippen LogP contribution in [0, 0.1) is 11.3 Å². The van der Waals surface area contributed by atoms with Crippen molar-refractivity contribution >= 4 is 28.4 Å². The van der Waals surface area contributed by atoms with Crippen LogP contribution in [0.5, 0.6) is 0 Å². The average molecular weight is 476 g/mol. The minimum atomic E-state index is -0.505. The number of nitrogens with zero attached hydrogens (tertiary/aromatic N) is 5. The van der Waals surface area contributed by atoms with Crippen molar-refractivity contribution in [3.8, 4) is 6.07 Å². The van der Waals surface area contributed by atoms with Crippen LogP contribution in [0.3, 0.4) is 0 Å². The minimum Gasteiger partial charge on any atom is -0.339 e.